The molecule has 1 aliphatic rings. The van der Waals surface area contributed by atoms with Gasteiger partial charge in [0.05, 0.1) is 42.4 Å². The van der Waals surface area contributed by atoms with Crippen molar-refractivity contribution in [2.75, 3.05) is 5.32 Å². The lowest BCUT2D eigenvalue weighted by Gasteiger charge is -2.14. The highest BCUT2D eigenvalue weighted by molar-refractivity contribution is 6.02. The molecule has 0 aliphatic heterocycles. The summed E-state index contributed by atoms with van der Waals surface area (Å²) in [6.45, 7) is 3.00. The molecule has 2 heterocycles. The molecule has 0 spiro atoms. The minimum Gasteiger partial charge on any atom is -0.411 e. The number of anilines is 1. The first-order valence-electron chi connectivity index (χ1n) is 12.7. The molecule has 5 aromatic rings. The summed E-state index contributed by atoms with van der Waals surface area (Å²) >= 11 is 0. The summed E-state index contributed by atoms with van der Waals surface area (Å²) in [6.07, 6.45) is 6.46. The number of carbonyl (C=O) groups is 1. The predicted molar refractivity (Wildman–Crippen MR) is 149 cm³/mol. The number of aromatic nitrogens is 4. The van der Waals surface area contributed by atoms with Crippen LogP contribution in [0.2, 0.25) is 0 Å². The average molecular weight is 507 g/mol. The van der Waals surface area contributed by atoms with Gasteiger partial charge in [0.15, 0.2) is 0 Å². The number of amides is 1. The monoisotopic (exact) mass is 506 g/mol. The second-order valence-electron chi connectivity index (χ2n) is 9.26. The van der Waals surface area contributed by atoms with Crippen LogP contribution in [-0.4, -0.2) is 36.4 Å². The molecule has 0 fully saturated rings. The van der Waals surface area contributed by atoms with Gasteiger partial charge in [0.25, 0.3) is 0 Å². The third-order valence-corrected chi connectivity index (χ3v) is 6.56. The summed E-state index contributed by atoms with van der Waals surface area (Å²) in [6, 6.07) is 26.3. The molecular formula is C30H30N6O2. The van der Waals surface area contributed by atoms with E-state index in [0.29, 0.717) is 6.54 Å². The highest BCUT2D eigenvalue weighted by Gasteiger charge is 2.20. The minimum atomic E-state index is -0.0756. The van der Waals surface area contributed by atoms with Gasteiger partial charge in [0.1, 0.15) is 0 Å². The Bertz CT molecular complexity index is 1550. The van der Waals surface area contributed by atoms with E-state index in [-0.39, 0.29) is 5.91 Å². The van der Waals surface area contributed by atoms with Gasteiger partial charge in [-0.05, 0) is 42.5 Å². The Morgan fingerprint density at radius 1 is 0.868 bits per heavy atom. The van der Waals surface area contributed by atoms with E-state index in [9.17, 15) is 4.79 Å². The SMILES string of the molecule is CC(=O)Nc1cccc2c1cnn2Cc1ccccc1.ON=C1CCCc2c1cnn2Cc1ccccc1. The van der Waals surface area contributed by atoms with E-state index in [2.05, 4.69) is 44.9 Å². The zero-order valence-electron chi connectivity index (χ0n) is 21.3. The number of hydrogen-bond donors (Lipinski definition) is 2. The highest BCUT2D eigenvalue weighted by atomic mass is 16.4. The van der Waals surface area contributed by atoms with Gasteiger partial charge >= 0.3 is 0 Å². The van der Waals surface area contributed by atoms with Crippen LogP contribution < -0.4 is 5.32 Å². The topological polar surface area (TPSA) is 97.3 Å². The van der Waals surface area contributed by atoms with E-state index in [1.165, 1.54) is 23.7 Å². The van der Waals surface area contributed by atoms with Crippen LogP contribution in [0.1, 0.15) is 42.1 Å². The Hall–Kier alpha value is -4.72. The number of nitrogens with one attached hydrogen (secondary N) is 1. The molecule has 38 heavy (non-hydrogen) atoms. The first kappa shape index (κ1) is 25.0. The standard InChI is InChI=1S/C16H15N3O.C14H15N3O/c1-12(20)18-15-8-5-9-16-14(15)10-17-19(16)11-13-6-3-2-4-7-13;18-16-13-7-4-8-14-12(13)9-15-17(14)10-11-5-2-1-3-6-11/h2-10H,11H2,1H3,(H,18,20);1-3,5-6,9,18H,4,7-8,10H2. The summed E-state index contributed by atoms with van der Waals surface area (Å²) in [5.74, 6) is -0.0756. The molecule has 0 radical (unpaired) electrons. The summed E-state index contributed by atoms with van der Waals surface area (Å²) in [5.41, 5.74) is 7.18. The summed E-state index contributed by atoms with van der Waals surface area (Å²) in [4.78, 5) is 11.2. The largest absolute Gasteiger partial charge is 0.411 e. The van der Waals surface area contributed by atoms with Crippen molar-refractivity contribution in [2.45, 2.75) is 39.3 Å². The molecule has 192 valence electrons. The molecule has 1 aliphatic carbocycles. The van der Waals surface area contributed by atoms with Crippen molar-refractivity contribution in [3.8, 4) is 0 Å². The second-order valence-corrected chi connectivity index (χ2v) is 9.26. The predicted octanol–water partition coefficient (Wildman–Crippen LogP) is 5.49. The maximum absolute atomic E-state index is 11.2. The number of hydrogen-bond acceptors (Lipinski definition) is 5. The van der Waals surface area contributed by atoms with Crippen molar-refractivity contribution in [2.24, 2.45) is 5.16 Å². The quantitative estimate of drug-likeness (QED) is 0.243. The Labute approximate surface area is 221 Å². The van der Waals surface area contributed by atoms with Crippen LogP contribution in [0.15, 0.2) is 96.4 Å². The van der Waals surface area contributed by atoms with Gasteiger partial charge < -0.3 is 10.5 Å². The molecule has 6 rings (SSSR count). The molecule has 1 amide bonds. The van der Waals surface area contributed by atoms with Crippen LogP contribution >= 0.6 is 0 Å². The van der Waals surface area contributed by atoms with Gasteiger partial charge in [-0.2, -0.15) is 10.2 Å². The van der Waals surface area contributed by atoms with Crippen LogP contribution in [0.25, 0.3) is 10.9 Å². The van der Waals surface area contributed by atoms with Crippen molar-refractivity contribution in [3.63, 3.8) is 0 Å². The molecule has 0 unspecified atom stereocenters. The maximum Gasteiger partial charge on any atom is 0.221 e. The van der Waals surface area contributed by atoms with E-state index in [1.807, 2.05) is 70.2 Å². The second kappa shape index (κ2) is 11.6. The van der Waals surface area contributed by atoms with Gasteiger partial charge in [0.2, 0.25) is 5.91 Å². The molecule has 0 saturated carbocycles. The minimum absolute atomic E-state index is 0.0756. The van der Waals surface area contributed by atoms with Crippen molar-refractivity contribution < 1.29 is 10.0 Å². The third kappa shape index (κ3) is 5.64. The third-order valence-electron chi connectivity index (χ3n) is 6.56. The van der Waals surface area contributed by atoms with E-state index in [1.54, 1.807) is 6.20 Å². The number of benzene rings is 3. The Morgan fingerprint density at radius 2 is 1.53 bits per heavy atom. The van der Waals surface area contributed by atoms with Crippen LogP contribution in [0.4, 0.5) is 5.69 Å². The van der Waals surface area contributed by atoms with E-state index in [0.717, 1.165) is 53.7 Å². The van der Waals surface area contributed by atoms with Crippen LogP contribution in [0.3, 0.4) is 0 Å². The van der Waals surface area contributed by atoms with E-state index >= 15 is 0 Å². The number of rotatable bonds is 5. The lowest BCUT2D eigenvalue weighted by Crippen LogP contribution is -2.15. The molecule has 2 aromatic heterocycles. The van der Waals surface area contributed by atoms with E-state index in [4.69, 9.17) is 5.21 Å². The first-order valence-corrected chi connectivity index (χ1v) is 12.7. The fraction of sp³-hybridized carbons (Fsp3) is 0.200. The highest BCUT2D eigenvalue weighted by Crippen LogP contribution is 2.24. The summed E-state index contributed by atoms with van der Waals surface area (Å²) in [5, 5.41) is 25.0. The summed E-state index contributed by atoms with van der Waals surface area (Å²) in [7, 11) is 0. The van der Waals surface area contributed by atoms with Crippen LogP contribution in [0.5, 0.6) is 0 Å². The zero-order valence-corrected chi connectivity index (χ0v) is 21.3. The van der Waals surface area contributed by atoms with Gasteiger partial charge in [0, 0.05) is 23.6 Å². The summed E-state index contributed by atoms with van der Waals surface area (Å²) < 4.78 is 3.95. The normalized spacial score (nSPS) is 13.6. The Kier molecular flexibility index (Phi) is 7.59. The maximum atomic E-state index is 11.2. The van der Waals surface area contributed by atoms with Crippen LogP contribution in [0, 0.1) is 0 Å². The number of nitrogens with zero attached hydrogens (tertiary/aromatic N) is 5. The van der Waals surface area contributed by atoms with Gasteiger partial charge in [-0.25, -0.2) is 0 Å². The van der Waals surface area contributed by atoms with Gasteiger partial charge in [-0.1, -0.05) is 71.9 Å². The molecule has 8 heteroatoms. The fourth-order valence-corrected chi connectivity index (χ4v) is 4.75. The molecule has 3 aromatic carbocycles. The smallest absolute Gasteiger partial charge is 0.221 e. The zero-order chi connectivity index (χ0) is 26.3. The lowest BCUT2D eigenvalue weighted by atomic mass is 9.96. The number of fused-ring (bicyclic) bond motifs is 2. The molecule has 0 atom stereocenters. The van der Waals surface area contributed by atoms with Gasteiger partial charge in [-0.15, -0.1) is 0 Å². The molecule has 2 N–H and O–H groups in total. The first-order chi connectivity index (χ1) is 18.6. The van der Waals surface area contributed by atoms with Crippen molar-refractivity contribution in [1.29, 1.82) is 0 Å². The average Bonchev–Trinajstić information content (AvgIpc) is 3.55. The van der Waals surface area contributed by atoms with E-state index < -0.39 is 0 Å². The van der Waals surface area contributed by atoms with Gasteiger partial charge in [-0.3, -0.25) is 14.2 Å². The Balaban J connectivity index is 0.000000156. The number of oxime groups is 1. The Morgan fingerprint density at radius 3 is 2.18 bits per heavy atom. The van der Waals surface area contributed by atoms with Crippen molar-refractivity contribution >= 4 is 28.2 Å². The lowest BCUT2D eigenvalue weighted by molar-refractivity contribution is -0.114. The van der Waals surface area contributed by atoms with Crippen LogP contribution in [-0.2, 0) is 24.3 Å². The van der Waals surface area contributed by atoms with Crippen molar-refractivity contribution in [1.82, 2.24) is 19.6 Å². The molecule has 0 saturated heterocycles. The van der Waals surface area contributed by atoms with Crippen molar-refractivity contribution in [3.05, 3.63) is 114 Å². The molecule has 8 nitrogen and oxygen atoms in total. The fourth-order valence-electron chi connectivity index (χ4n) is 4.75. The number of carbonyl (C=O) groups excluding carboxylic acids is 1. The molecular weight excluding hydrogens is 476 g/mol. The molecule has 0 bridgehead atoms.